The minimum Gasteiger partial charge on any atom is 0 e. The fourth-order valence-corrected chi connectivity index (χ4v) is 1.80. The largest absolute Gasteiger partial charge is 0 e. The summed E-state index contributed by atoms with van der Waals surface area (Å²) in [5.74, 6) is 0. The average Bonchev–Trinajstić information content (AvgIpc) is 1.86. The third-order valence-electron chi connectivity index (χ3n) is 1.23. The van der Waals surface area contributed by atoms with Crippen molar-refractivity contribution in [1.82, 2.24) is 0 Å². The number of anilines is 1. The molecule has 0 heterocycles. The fraction of sp³-hybridized carbons (Fsp3) is 0. The van der Waals surface area contributed by atoms with Gasteiger partial charge in [-0.1, -0.05) is 0 Å². The van der Waals surface area contributed by atoms with E-state index >= 15 is 0 Å². The summed E-state index contributed by atoms with van der Waals surface area (Å²) in [6.07, 6.45) is 0. The van der Waals surface area contributed by atoms with Crippen molar-refractivity contribution < 1.29 is 11.9 Å². The van der Waals surface area contributed by atoms with E-state index in [4.69, 9.17) is 13.9 Å². The number of benzene rings is 1. The molecule has 1 radical (unpaired) electrons. The molecule has 0 aliphatic heterocycles. The molecule has 0 saturated heterocycles. The molecule has 0 atom stereocenters. The first-order valence-corrected chi connectivity index (χ1v) is 6.30. The summed E-state index contributed by atoms with van der Waals surface area (Å²) in [7, 11) is 0. The maximum atomic E-state index is 10.7. The minimum absolute atomic E-state index is 0. The van der Waals surface area contributed by atoms with Crippen LogP contribution in [0.3, 0.4) is 0 Å². The Kier molecular flexibility index (Phi) is 4.62. The number of rotatable bonds is 1. The van der Waals surface area contributed by atoms with Crippen molar-refractivity contribution in [1.29, 1.82) is 0 Å². The van der Waals surface area contributed by atoms with Gasteiger partial charge in [0.1, 0.15) is 0 Å². The fourth-order valence-electron chi connectivity index (χ4n) is 0.669. The van der Waals surface area contributed by atoms with Gasteiger partial charge in [0.2, 0.25) is 0 Å². The number of nitrogens with two attached hydrogens (primary N) is 1. The molecule has 1 rings (SSSR count). The smallest absolute Gasteiger partial charge is 0 e. The van der Waals surface area contributed by atoms with Crippen molar-refractivity contribution >= 4 is 53.8 Å². The van der Waals surface area contributed by atoms with Crippen LogP contribution in [0.4, 0.5) is 5.69 Å². The Hall–Kier alpha value is 0.298. The van der Waals surface area contributed by atoms with Crippen LogP contribution in [0.1, 0.15) is 0 Å². The molecule has 12 heavy (non-hydrogen) atoms. The van der Waals surface area contributed by atoms with Crippen LogP contribution in [-0.2, 0) is 3.74 Å². The third-order valence-corrected chi connectivity index (χ3v) is 3.27. The SMILES string of the molecule is Nc1ccc([As](=O)(O)O)cc1.[Na]. The van der Waals surface area contributed by atoms with E-state index in [1.807, 2.05) is 0 Å². The molecule has 0 saturated carbocycles. The van der Waals surface area contributed by atoms with E-state index in [2.05, 4.69) is 0 Å². The van der Waals surface area contributed by atoms with Gasteiger partial charge in [-0.05, 0) is 0 Å². The molecule has 6 heteroatoms. The van der Waals surface area contributed by atoms with Gasteiger partial charge in [0.15, 0.2) is 0 Å². The Morgan fingerprint density at radius 1 is 1.17 bits per heavy atom. The van der Waals surface area contributed by atoms with Gasteiger partial charge in [0.05, 0.1) is 0 Å². The maximum absolute atomic E-state index is 10.7. The van der Waals surface area contributed by atoms with Gasteiger partial charge >= 0.3 is 66.1 Å². The van der Waals surface area contributed by atoms with E-state index in [-0.39, 0.29) is 33.9 Å². The zero-order valence-corrected chi connectivity index (χ0v) is 10.5. The first-order chi connectivity index (χ1) is 5.00. The molecule has 0 aliphatic carbocycles. The van der Waals surface area contributed by atoms with E-state index < -0.39 is 14.2 Å². The second-order valence-electron chi connectivity index (χ2n) is 2.14. The molecule has 4 nitrogen and oxygen atoms in total. The first-order valence-electron chi connectivity index (χ1n) is 2.92. The van der Waals surface area contributed by atoms with Gasteiger partial charge in [-0.15, -0.1) is 0 Å². The zero-order chi connectivity index (χ0) is 8.48. The Morgan fingerprint density at radius 3 is 1.92 bits per heavy atom. The molecule has 0 amide bonds. The molecule has 0 fully saturated rings. The molecular weight excluding hydrogens is 232 g/mol. The Balaban J connectivity index is 0.00000121. The van der Waals surface area contributed by atoms with Crippen LogP contribution < -0.4 is 10.1 Å². The molecule has 0 spiro atoms. The van der Waals surface area contributed by atoms with Crippen molar-refractivity contribution in [2.75, 3.05) is 5.73 Å². The summed E-state index contributed by atoms with van der Waals surface area (Å²) in [4.78, 5) is 0. The number of hydrogen-bond donors (Lipinski definition) is 3. The molecule has 0 aliphatic rings. The van der Waals surface area contributed by atoms with E-state index in [1.54, 1.807) is 0 Å². The van der Waals surface area contributed by atoms with Crippen LogP contribution in [0.2, 0.25) is 0 Å². The maximum Gasteiger partial charge on any atom is 0 e. The quantitative estimate of drug-likeness (QED) is 0.410. The molecule has 0 bridgehead atoms. The first kappa shape index (κ1) is 12.3. The van der Waals surface area contributed by atoms with E-state index in [1.165, 1.54) is 24.3 Å². The molecule has 4 N–H and O–H groups in total. The second-order valence-corrected chi connectivity index (χ2v) is 5.50. The van der Waals surface area contributed by atoms with E-state index in [0.29, 0.717) is 5.69 Å². The van der Waals surface area contributed by atoms with E-state index in [9.17, 15) is 3.74 Å². The molecule has 1 aromatic rings. The Morgan fingerprint density at radius 2 is 1.58 bits per heavy atom. The normalized spacial score (nSPS) is 10.5. The monoisotopic (exact) mass is 240 g/mol. The standard InChI is InChI=1S/C6H8AsNO3.Na/c8-6-3-1-5(2-4-6)7(9,10)11;/h1-4H,8H2,(H2,9,10,11);. The van der Waals surface area contributed by atoms with Gasteiger partial charge < -0.3 is 0 Å². The summed E-state index contributed by atoms with van der Waals surface area (Å²) in [5.41, 5.74) is 5.82. The molecule has 0 aromatic heterocycles. The van der Waals surface area contributed by atoms with Gasteiger partial charge in [0.25, 0.3) is 0 Å². The predicted molar refractivity (Wildman–Crippen MR) is 47.1 cm³/mol. The summed E-state index contributed by atoms with van der Waals surface area (Å²) < 4.78 is 28.1. The van der Waals surface area contributed by atoms with Gasteiger partial charge in [-0.3, -0.25) is 0 Å². The Labute approximate surface area is 95.1 Å². The topological polar surface area (TPSA) is 83.6 Å². The molecule has 0 unspecified atom stereocenters. The van der Waals surface area contributed by atoms with E-state index in [0.717, 1.165) is 0 Å². The minimum atomic E-state index is -4.68. The zero-order valence-electron chi connectivity index (χ0n) is 6.64. The summed E-state index contributed by atoms with van der Waals surface area (Å²) in [5, 5.41) is 0. The van der Waals surface area contributed by atoms with Crippen molar-refractivity contribution in [3.63, 3.8) is 0 Å². The number of nitrogen functional groups attached to an aromatic ring is 1. The summed E-state index contributed by atoms with van der Waals surface area (Å²) in [6, 6.07) is 5.62. The predicted octanol–water partition coefficient (Wildman–Crippen LogP) is -1.55. The van der Waals surface area contributed by atoms with Crippen molar-refractivity contribution in [3.05, 3.63) is 24.3 Å². The van der Waals surface area contributed by atoms with Crippen molar-refractivity contribution in [2.24, 2.45) is 0 Å². The van der Waals surface area contributed by atoms with Crippen LogP contribution in [0.25, 0.3) is 0 Å². The summed E-state index contributed by atoms with van der Waals surface area (Å²) in [6.45, 7) is 0. The average molecular weight is 240 g/mol. The van der Waals surface area contributed by atoms with Crippen LogP contribution in [-0.4, -0.2) is 51.9 Å². The molecule has 1 aromatic carbocycles. The van der Waals surface area contributed by atoms with Crippen LogP contribution in [0, 0.1) is 0 Å². The summed E-state index contributed by atoms with van der Waals surface area (Å²) >= 11 is -4.68. The van der Waals surface area contributed by atoms with Crippen LogP contribution >= 0.6 is 0 Å². The van der Waals surface area contributed by atoms with Crippen LogP contribution in [0.5, 0.6) is 0 Å². The van der Waals surface area contributed by atoms with Gasteiger partial charge in [-0.25, -0.2) is 0 Å². The number of hydrogen-bond acceptors (Lipinski definition) is 2. The van der Waals surface area contributed by atoms with Crippen LogP contribution in [0.15, 0.2) is 24.3 Å². The third kappa shape index (κ3) is 3.35. The van der Waals surface area contributed by atoms with Crippen molar-refractivity contribution in [2.45, 2.75) is 0 Å². The second kappa shape index (κ2) is 4.51. The molecule has 61 valence electrons. The van der Waals surface area contributed by atoms with Gasteiger partial charge in [-0.2, -0.15) is 0 Å². The van der Waals surface area contributed by atoms with Gasteiger partial charge in [0, 0.05) is 29.6 Å². The molecular formula is C6H8AsNNaO3. The van der Waals surface area contributed by atoms with Crippen molar-refractivity contribution in [3.8, 4) is 0 Å². The Bertz CT molecular complexity index is 294.